The molecular formula is C17H23N3O. The van der Waals surface area contributed by atoms with Gasteiger partial charge in [0.2, 0.25) is 0 Å². The first kappa shape index (κ1) is 14.1. The van der Waals surface area contributed by atoms with Crippen molar-refractivity contribution in [3.63, 3.8) is 0 Å². The van der Waals surface area contributed by atoms with Crippen LogP contribution in [0, 0.1) is 6.92 Å². The maximum atomic E-state index is 5.56. The van der Waals surface area contributed by atoms with Crippen molar-refractivity contribution in [2.75, 3.05) is 18.0 Å². The molecular weight excluding hydrogens is 262 g/mol. The van der Waals surface area contributed by atoms with E-state index < -0.39 is 0 Å². The lowest BCUT2D eigenvalue weighted by Crippen LogP contribution is -2.30. The largest absolute Gasteiger partial charge is 0.465 e. The van der Waals surface area contributed by atoms with Gasteiger partial charge in [-0.15, -0.1) is 0 Å². The fourth-order valence-electron chi connectivity index (χ4n) is 2.78. The van der Waals surface area contributed by atoms with E-state index in [1.807, 2.05) is 25.3 Å². The number of nitrogens with zero attached hydrogens (tertiary/aromatic N) is 2. The van der Waals surface area contributed by atoms with E-state index in [0.717, 1.165) is 43.5 Å². The van der Waals surface area contributed by atoms with Crippen LogP contribution in [0.25, 0.3) is 0 Å². The Balaban J connectivity index is 1.55. The molecule has 0 atom stereocenters. The highest BCUT2D eigenvalue weighted by atomic mass is 16.3. The molecule has 4 heteroatoms. The molecule has 0 aliphatic carbocycles. The van der Waals surface area contributed by atoms with Gasteiger partial charge in [-0.05, 0) is 56.0 Å². The summed E-state index contributed by atoms with van der Waals surface area (Å²) in [6, 6.07) is 8.30. The number of pyridine rings is 1. The van der Waals surface area contributed by atoms with Crippen LogP contribution >= 0.6 is 0 Å². The smallest absolute Gasteiger partial charge is 0.128 e. The summed E-state index contributed by atoms with van der Waals surface area (Å²) >= 11 is 0. The number of hydrogen-bond acceptors (Lipinski definition) is 4. The number of rotatable bonds is 5. The Bertz CT molecular complexity index is 573. The molecule has 2 aromatic rings. The Hall–Kier alpha value is -1.81. The molecule has 3 rings (SSSR count). The Morgan fingerprint density at radius 2 is 2.00 bits per heavy atom. The van der Waals surface area contributed by atoms with E-state index in [-0.39, 0.29) is 0 Å². The van der Waals surface area contributed by atoms with E-state index in [4.69, 9.17) is 4.42 Å². The molecule has 2 aromatic heterocycles. The minimum absolute atomic E-state index is 0.759. The van der Waals surface area contributed by atoms with Gasteiger partial charge in [-0.2, -0.15) is 0 Å². The van der Waals surface area contributed by atoms with Crippen molar-refractivity contribution in [1.82, 2.24) is 10.3 Å². The number of piperidine rings is 1. The summed E-state index contributed by atoms with van der Waals surface area (Å²) in [5, 5.41) is 3.42. The molecule has 0 spiro atoms. The predicted molar refractivity (Wildman–Crippen MR) is 84.3 cm³/mol. The second-order valence-corrected chi connectivity index (χ2v) is 5.69. The quantitative estimate of drug-likeness (QED) is 0.915. The highest BCUT2D eigenvalue weighted by Crippen LogP contribution is 2.18. The normalized spacial score (nSPS) is 15.4. The van der Waals surface area contributed by atoms with E-state index in [0.29, 0.717) is 0 Å². The fourth-order valence-corrected chi connectivity index (χ4v) is 2.78. The molecule has 112 valence electrons. The van der Waals surface area contributed by atoms with Crippen molar-refractivity contribution >= 4 is 5.82 Å². The summed E-state index contributed by atoms with van der Waals surface area (Å²) in [5.74, 6) is 3.06. The lowest BCUT2D eigenvalue weighted by atomic mass is 10.1. The third-order valence-corrected chi connectivity index (χ3v) is 3.91. The van der Waals surface area contributed by atoms with Gasteiger partial charge in [0.1, 0.15) is 17.3 Å². The van der Waals surface area contributed by atoms with Gasteiger partial charge in [0.15, 0.2) is 0 Å². The van der Waals surface area contributed by atoms with Gasteiger partial charge >= 0.3 is 0 Å². The van der Waals surface area contributed by atoms with Gasteiger partial charge in [-0.3, -0.25) is 0 Å². The summed E-state index contributed by atoms with van der Waals surface area (Å²) in [6.07, 6.45) is 5.82. The van der Waals surface area contributed by atoms with Crippen molar-refractivity contribution < 1.29 is 4.42 Å². The Labute approximate surface area is 126 Å². The van der Waals surface area contributed by atoms with Crippen LogP contribution in [-0.4, -0.2) is 18.1 Å². The van der Waals surface area contributed by atoms with Crippen molar-refractivity contribution in [2.24, 2.45) is 0 Å². The third-order valence-electron chi connectivity index (χ3n) is 3.91. The van der Waals surface area contributed by atoms with Gasteiger partial charge in [0.25, 0.3) is 0 Å². The minimum Gasteiger partial charge on any atom is -0.465 e. The lowest BCUT2D eigenvalue weighted by Gasteiger charge is -2.27. The third kappa shape index (κ3) is 3.85. The van der Waals surface area contributed by atoms with Crippen LogP contribution in [0.2, 0.25) is 0 Å². The molecule has 1 aliphatic rings. The van der Waals surface area contributed by atoms with E-state index >= 15 is 0 Å². The number of hydrogen-bond donors (Lipinski definition) is 1. The first-order valence-corrected chi connectivity index (χ1v) is 7.77. The Morgan fingerprint density at radius 3 is 2.76 bits per heavy atom. The molecule has 0 unspecified atom stereocenters. The average Bonchev–Trinajstić information content (AvgIpc) is 2.94. The summed E-state index contributed by atoms with van der Waals surface area (Å²) in [7, 11) is 0. The molecule has 0 bridgehead atoms. The number of anilines is 1. The summed E-state index contributed by atoms with van der Waals surface area (Å²) in [4.78, 5) is 6.90. The first-order valence-electron chi connectivity index (χ1n) is 7.77. The highest BCUT2D eigenvalue weighted by molar-refractivity contribution is 5.41. The van der Waals surface area contributed by atoms with Crippen LogP contribution in [0.15, 0.2) is 34.9 Å². The van der Waals surface area contributed by atoms with E-state index in [1.54, 1.807) is 0 Å². The van der Waals surface area contributed by atoms with Crippen molar-refractivity contribution in [3.05, 3.63) is 47.5 Å². The molecule has 1 fully saturated rings. The molecule has 0 radical (unpaired) electrons. The maximum absolute atomic E-state index is 5.56. The van der Waals surface area contributed by atoms with E-state index in [9.17, 15) is 0 Å². The SMILES string of the molecule is Cc1ccc(CNCc2ccnc(N3CCCCC3)c2)o1. The van der Waals surface area contributed by atoms with Gasteiger partial charge in [-0.1, -0.05) is 0 Å². The lowest BCUT2D eigenvalue weighted by molar-refractivity contribution is 0.461. The summed E-state index contributed by atoms with van der Waals surface area (Å²) in [5.41, 5.74) is 1.27. The zero-order chi connectivity index (χ0) is 14.5. The first-order chi connectivity index (χ1) is 10.3. The summed E-state index contributed by atoms with van der Waals surface area (Å²) < 4.78 is 5.56. The van der Waals surface area contributed by atoms with Crippen LogP contribution in [0.1, 0.15) is 36.3 Å². The van der Waals surface area contributed by atoms with Crippen molar-refractivity contribution in [3.8, 4) is 0 Å². The molecule has 1 saturated heterocycles. The molecule has 3 heterocycles. The highest BCUT2D eigenvalue weighted by Gasteiger charge is 2.12. The number of aromatic nitrogens is 1. The van der Waals surface area contributed by atoms with Crippen molar-refractivity contribution in [2.45, 2.75) is 39.3 Å². The molecule has 1 N–H and O–H groups in total. The van der Waals surface area contributed by atoms with Crippen LogP contribution in [0.3, 0.4) is 0 Å². The monoisotopic (exact) mass is 285 g/mol. The van der Waals surface area contributed by atoms with E-state index in [1.165, 1.54) is 24.8 Å². The van der Waals surface area contributed by atoms with Gasteiger partial charge in [-0.25, -0.2) is 4.98 Å². The maximum Gasteiger partial charge on any atom is 0.128 e. The molecule has 0 saturated carbocycles. The molecule has 1 aliphatic heterocycles. The Morgan fingerprint density at radius 1 is 1.14 bits per heavy atom. The van der Waals surface area contributed by atoms with Gasteiger partial charge < -0.3 is 14.6 Å². The second kappa shape index (κ2) is 6.76. The molecule has 0 aromatic carbocycles. The van der Waals surface area contributed by atoms with Crippen LogP contribution < -0.4 is 10.2 Å². The number of aryl methyl sites for hydroxylation is 1. The molecule has 4 nitrogen and oxygen atoms in total. The zero-order valence-corrected chi connectivity index (χ0v) is 12.6. The van der Waals surface area contributed by atoms with Gasteiger partial charge in [0.05, 0.1) is 6.54 Å². The van der Waals surface area contributed by atoms with Crippen LogP contribution in [0.4, 0.5) is 5.82 Å². The number of nitrogens with one attached hydrogen (secondary N) is 1. The number of furan rings is 1. The molecule has 21 heavy (non-hydrogen) atoms. The predicted octanol–water partition coefficient (Wildman–Crippen LogP) is 3.26. The van der Waals surface area contributed by atoms with E-state index in [2.05, 4.69) is 27.3 Å². The Kier molecular flexibility index (Phi) is 4.55. The van der Waals surface area contributed by atoms with Crippen LogP contribution in [-0.2, 0) is 13.1 Å². The zero-order valence-electron chi connectivity index (χ0n) is 12.6. The average molecular weight is 285 g/mol. The summed E-state index contributed by atoms with van der Waals surface area (Å²) in [6.45, 7) is 5.83. The van der Waals surface area contributed by atoms with Gasteiger partial charge in [0, 0.05) is 25.8 Å². The van der Waals surface area contributed by atoms with Crippen LogP contribution in [0.5, 0.6) is 0 Å². The fraction of sp³-hybridized carbons (Fsp3) is 0.471. The topological polar surface area (TPSA) is 41.3 Å². The minimum atomic E-state index is 0.759. The van der Waals surface area contributed by atoms with Crippen molar-refractivity contribution in [1.29, 1.82) is 0 Å². The molecule has 0 amide bonds. The standard InChI is InChI=1S/C17H23N3O/c1-14-5-6-16(21-14)13-18-12-15-7-8-19-17(11-15)20-9-3-2-4-10-20/h5-8,11,18H,2-4,9-10,12-13H2,1H3. The second-order valence-electron chi connectivity index (χ2n) is 5.69.